The van der Waals surface area contributed by atoms with E-state index < -0.39 is 11.8 Å². The van der Waals surface area contributed by atoms with E-state index in [2.05, 4.69) is 10.7 Å². The molecule has 2 aromatic carbocycles. The predicted molar refractivity (Wildman–Crippen MR) is 87.8 cm³/mol. The third-order valence-corrected chi connectivity index (χ3v) is 3.65. The molecule has 0 radical (unpaired) electrons. The number of carbonyl (C=O) groups is 2. The van der Waals surface area contributed by atoms with E-state index in [1.807, 2.05) is 0 Å². The number of rotatable bonds is 2. The monoisotopic (exact) mass is 331 g/mol. The van der Waals surface area contributed by atoms with Gasteiger partial charge >= 0.3 is 0 Å². The Bertz CT molecular complexity index is 759. The van der Waals surface area contributed by atoms with Crippen molar-refractivity contribution >= 4 is 46.4 Å². The number of para-hydroxylation sites is 1. The van der Waals surface area contributed by atoms with Gasteiger partial charge in [-0.15, -0.1) is 0 Å². The molecule has 2 amide bonds. The van der Waals surface area contributed by atoms with Crippen molar-refractivity contribution in [3.63, 3.8) is 0 Å². The van der Waals surface area contributed by atoms with Gasteiger partial charge < -0.3 is 5.32 Å². The Labute approximate surface area is 136 Å². The second kappa shape index (κ2) is 5.75. The summed E-state index contributed by atoms with van der Waals surface area (Å²) in [6.45, 7) is 0. The molecule has 0 saturated carbocycles. The third-order valence-electron chi connectivity index (χ3n) is 3.13. The van der Waals surface area contributed by atoms with Gasteiger partial charge in [-0.05, 0) is 36.5 Å². The summed E-state index contributed by atoms with van der Waals surface area (Å²) in [6, 6.07) is 13.6. The summed E-state index contributed by atoms with van der Waals surface area (Å²) >= 11 is 11.1. The van der Waals surface area contributed by atoms with Crippen LogP contribution in [0.3, 0.4) is 0 Å². The van der Waals surface area contributed by atoms with Crippen molar-refractivity contribution < 1.29 is 9.59 Å². The lowest BCUT2D eigenvalue weighted by molar-refractivity contribution is 0.0613. The fourth-order valence-corrected chi connectivity index (χ4v) is 2.49. The van der Waals surface area contributed by atoms with Gasteiger partial charge in [0.25, 0.3) is 11.8 Å². The van der Waals surface area contributed by atoms with Gasteiger partial charge in [0.1, 0.15) is 0 Å². The summed E-state index contributed by atoms with van der Waals surface area (Å²) in [5, 5.41) is 4.31. The number of fused-ring (bicyclic) bond motifs is 1. The Morgan fingerprint density at radius 3 is 2.09 bits per heavy atom. The number of thiocarbonyl (C=S) groups is 1. The molecule has 3 rings (SSSR count). The molecule has 1 heterocycles. The van der Waals surface area contributed by atoms with Crippen LogP contribution in [0.5, 0.6) is 0 Å². The molecule has 110 valence electrons. The molecule has 0 unspecified atom stereocenters. The number of nitrogens with one attached hydrogen (secondary N) is 2. The summed E-state index contributed by atoms with van der Waals surface area (Å²) in [7, 11) is 0. The molecule has 0 spiro atoms. The zero-order chi connectivity index (χ0) is 15.7. The zero-order valence-electron chi connectivity index (χ0n) is 11.2. The van der Waals surface area contributed by atoms with Crippen molar-refractivity contribution in [1.82, 2.24) is 10.4 Å². The fraction of sp³-hybridized carbons (Fsp3) is 0. The van der Waals surface area contributed by atoms with Crippen LogP contribution in [0.4, 0.5) is 5.69 Å². The van der Waals surface area contributed by atoms with Gasteiger partial charge in [0, 0.05) is 0 Å². The molecule has 0 aliphatic carbocycles. The lowest BCUT2D eigenvalue weighted by atomic mass is 10.1. The van der Waals surface area contributed by atoms with Crippen molar-refractivity contribution in [2.24, 2.45) is 0 Å². The van der Waals surface area contributed by atoms with Crippen molar-refractivity contribution in [3.05, 3.63) is 64.7 Å². The van der Waals surface area contributed by atoms with E-state index in [1.54, 1.807) is 48.5 Å². The van der Waals surface area contributed by atoms with Crippen LogP contribution in [0.2, 0.25) is 5.02 Å². The van der Waals surface area contributed by atoms with E-state index in [0.717, 1.165) is 5.01 Å². The minimum absolute atomic E-state index is 0.0996. The van der Waals surface area contributed by atoms with Crippen molar-refractivity contribution in [2.75, 3.05) is 5.32 Å². The van der Waals surface area contributed by atoms with Crippen LogP contribution in [0.25, 0.3) is 0 Å². The summed E-state index contributed by atoms with van der Waals surface area (Å²) in [6.07, 6.45) is 0. The summed E-state index contributed by atoms with van der Waals surface area (Å²) in [5.74, 6) is -0.882. The normalized spacial score (nSPS) is 13.0. The van der Waals surface area contributed by atoms with Gasteiger partial charge in [0.15, 0.2) is 5.11 Å². The van der Waals surface area contributed by atoms with Crippen LogP contribution in [0.15, 0.2) is 48.5 Å². The molecule has 2 aromatic rings. The Balaban J connectivity index is 1.75. The minimum atomic E-state index is -0.441. The second-order valence-corrected chi connectivity index (χ2v) is 5.35. The summed E-state index contributed by atoms with van der Waals surface area (Å²) in [4.78, 5) is 24.4. The first-order valence-electron chi connectivity index (χ1n) is 6.38. The number of carbonyl (C=O) groups excluding carboxylic acids is 2. The SMILES string of the molecule is O=C1c2ccccc2C(=O)N1NC(=S)Nc1ccccc1Cl. The van der Waals surface area contributed by atoms with Crippen LogP contribution in [0, 0.1) is 0 Å². The van der Waals surface area contributed by atoms with Crippen molar-refractivity contribution in [2.45, 2.75) is 0 Å². The highest BCUT2D eigenvalue weighted by molar-refractivity contribution is 7.80. The smallest absolute Gasteiger partial charge is 0.280 e. The highest BCUT2D eigenvalue weighted by Crippen LogP contribution is 2.22. The topological polar surface area (TPSA) is 61.4 Å². The molecular weight excluding hydrogens is 322 g/mol. The number of nitrogens with zero attached hydrogens (tertiary/aromatic N) is 1. The number of hydrogen-bond donors (Lipinski definition) is 2. The van der Waals surface area contributed by atoms with E-state index in [-0.39, 0.29) is 5.11 Å². The predicted octanol–water partition coefficient (Wildman–Crippen LogP) is 2.84. The molecule has 22 heavy (non-hydrogen) atoms. The van der Waals surface area contributed by atoms with Gasteiger partial charge in [-0.1, -0.05) is 35.9 Å². The van der Waals surface area contributed by atoms with Gasteiger partial charge in [0.05, 0.1) is 21.8 Å². The molecule has 0 saturated heterocycles. The molecule has 0 bridgehead atoms. The highest BCUT2D eigenvalue weighted by Gasteiger charge is 2.35. The highest BCUT2D eigenvalue weighted by atomic mass is 35.5. The fourth-order valence-electron chi connectivity index (χ4n) is 2.11. The third kappa shape index (κ3) is 2.54. The number of hydrazine groups is 1. The second-order valence-electron chi connectivity index (χ2n) is 4.54. The number of hydrogen-bond acceptors (Lipinski definition) is 3. The first kappa shape index (κ1) is 14.5. The van der Waals surface area contributed by atoms with Crippen LogP contribution in [-0.2, 0) is 0 Å². The van der Waals surface area contributed by atoms with Crippen LogP contribution >= 0.6 is 23.8 Å². The van der Waals surface area contributed by atoms with Crippen LogP contribution < -0.4 is 10.7 Å². The molecule has 2 N–H and O–H groups in total. The quantitative estimate of drug-likeness (QED) is 0.654. The molecule has 1 aliphatic heterocycles. The van der Waals surface area contributed by atoms with Gasteiger partial charge in [-0.25, -0.2) is 0 Å². The molecule has 0 aromatic heterocycles. The molecular formula is C15H10ClN3O2S. The molecule has 0 fully saturated rings. The Hall–Kier alpha value is -2.44. The minimum Gasteiger partial charge on any atom is -0.330 e. The van der Waals surface area contributed by atoms with E-state index in [4.69, 9.17) is 23.8 Å². The lowest BCUT2D eigenvalue weighted by Crippen LogP contribution is -2.47. The number of halogens is 1. The van der Waals surface area contributed by atoms with Crippen LogP contribution in [-0.4, -0.2) is 21.9 Å². The lowest BCUT2D eigenvalue weighted by Gasteiger charge is -2.18. The maximum absolute atomic E-state index is 12.2. The Kier molecular flexibility index (Phi) is 3.79. The standard InChI is InChI=1S/C15H10ClN3O2S/c16-11-7-3-4-8-12(11)17-15(22)18-19-13(20)9-5-1-2-6-10(9)14(19)21/h1-8H,(H2,17,18,22). The average molecular weight is 332 g/mol. The first-order chi connectivity index (χ1) is 10.6. The van der Waals surface area contributed by atoms with Crippen LogP contribution in [0.1, 0.15) is 20.7 Å². The number of anilines is 1. The number of imide groups is 1. The van der Waals surface area contributed by atoms with E-state index in [9.17, 15) is 9.59 Å². The zero-order valence-corrected chi connectivity index (χ0v) is 12.7. The Morgan fingerprint density at radius 1 is 0.955 bits per heavy atom. The maximum atomic E-state index is 12.2. The van der Waals surface area contributed by atoms with E-state index in [1.165, 1.54) is 0 Å². The average Bonchev–Trinajstić information content (AvgIpc) is 2.75. The first-order valence-corrected chi connectivity index (χ1v) is 7.16. The summed E-state index contributed by atoms with van der Waals surface area (Å²) < 4.78 is 0. The Morgan fingerprint density at radius 2 is 1.50 bits per heavy atom. The van der Waals surface area contributed by atoms with Crippen molar-refractivity contribution in [3.8, 4) is 0 Å². The maximum Gasteiger partial charge on any atom is 0.280 e. The van der Waals surface area contributed by atoms with Gasteiger partial charge in [-0.3, -0.25) is 15.0 Å². The van der Waals surface area contributed by atoms with Crippen molar-refractivity contribution in [1.29, 1.82) is 0 Å². The van der Waals surface area contributed by atoms with Gasteiger partial charge in [-0.2, -0.15) is 5.01 Å². The summed E-state index contributed by atoms with van der Waals surface area (Å²) in [5.41, 5.74) is 3.87. The number of benzene rings is 2. The molecule has 7 heteroatoms. The van der Waals surface area contributed by atoms with E-state index in [0.29, 0.717) is 21.8 Å². The van der Waals surface area contributed by atoms with Gasteiger partial charge in [0.2, 0.25) is 0 Å². The molecule has 5 nitrogen and oxygen atoms in total. The molecule has 1 aliphatic rings. The molecule has 0 atom stereocenters. The van der Waals surface area contributed by atoms with E-state index >= 15 is 0 Å². The number of amides is 2. The largest absolute Gasteiger partial charge is 0.330 e.